The molecule has 3 rings (SSSR count). The van der Waals surface area contributed by atoms with Crippen LogP contribution in [0.2, 0.25) is 0 Å². The first kappa shape index (κ1) is 20.3. The number of carbonyl (C=O) groups excluding carboxylic acids is 1. The highest BCUT2D eigenvalue weighted by Crippen LogP contribution is 2.26. The van der Waals surface area contributed by atoms with Gasteiger partial charge in [0.25, 0.3) is 0 Å². The number of amides is 1. The number of benzene rings is 2. The number of carbonyl (C=O) groups is 1. The standard InChI is InChI=1S/C20H23FN2O4S/c1-2-27-18-8-10-19(11-9-18)28(25,26)23-12-4-5-15(14-23)20(24)22-17-7-3-6-16(21)13-17/h3,6-11,13,15H,2,4-5,12,14H2,1H3,(H,22,24). The number of anilines is 1. The van der Waals surface area contributed by atoms with Gasteiger partial charge >= 0.3 is 0 Å². The average Bonchev–Trinajstić information content (AvgIpc) is 2.69. The van der Waals surface area contributed by atoms with Gasteiger partial charge in [-0.25, -0.2) is 12.8 Å². The normalized spacial score (nSPS) is 17.9. The molecule has 28 heavy (non-hydrogen) atoms. The minimum Gasteiger partial charge on any atom is -0.494 e. The molecular weight excluding hydrogens is 383 g/mol. The Morgan fingerprint density at radius 1 is 1.25 bits per heavy atom. The second-order valence-corrected chi connectivity index (χ2v) is 8.54. The van der Waals surface area contributed by atoms with E-state index in [1.54, 1.807) is 18.2 Å². The summed E-state index contributed by atoms with van der Waals surface area (Å²) in [5.74, 6) is -0.639. The topological polar surface area (TPSA) is 75.7 Å². The summed E-state index contributed by atoms with van der Waals surface area (Å²) in [6.07, 6.45) is 1.16. The van der Waals surface area contributed by atoms with Crippen molar-refractivity contribution in [2.24, 2.45) is 5.92 Å². The van der Waals surface area contributed by atoms with Gasteiger partial charge in [0.2, 0.25) is 15.9 Å². The predicted molar refractivity (Wildman–Crippen MR) is 104 cm³/mol. The Kier molecular flexibility index (Phi) is 6.31. The summed E-state index contributed by atoms with van der Waals surface area (Å²) in [5, 5.41) is 2.67. The van der Waals surface area contributed by atoms with Gasteiger partial charge in [0.15, 0.2) is 0 Å². The molecule has 1 heterocycles. The quantitative estimate of drug-likeness (QED) is 0.799. The molecule has 1 amide bonds. The minimum atomic E-state index is -3.70. The Balaban J connectivity index is 1.70. The molecule has 0 aromatic heterocycles. The second-order valence-electron chi connectivity index (χ2n) is 6.61. The molecule has 2 aromatic rings. The molecule has 1 saturated heterocycles. The number of hydrogen-bond acceptors (Lipinski definition) is 4. The van der Waals surface area contributed by atoms with Crippen molar-refractivity contribution in [1.82, 2.24) is 4.31 Å². The van der Waals surface area contributed by atoms with Crippen LogP contribution in [0.5, 0.6) is 5.75 Å². The van der Waals surface area contributed by atoms with Crippen LogP contribution in [0, 0.1) is 11.7 Å². The lowest BCUT2D eigenvalue weighted by Crippen LogP contribution is -2.43. The molecule has 8 heteroatoms. The van der Waals surface area contributed by atoms with Crippen LogP contribution in [-0.2, 0) is 14.8 Å². The van der Waals surface area contributed by atoms with Gasteiger partial charge in [-0.3, -0.25) is 4.79 Å². The van der Waals surface area contributed by atoms with Gasteiger partial charge in [-0.2, -0.15) is 4.31 Å². The van der Waals surface area contributed by atoms with E-state index in [9.17, 15) is 17.6 Å². The zero-order valence-corrected chi connectivity index (χ0v) is 16.4. The third-order valence-electron chi connectivity index (χ3n) is 4.62. The molecule has 1 aliphatic heterocycles. The Hall–Kier alpha value is -2.45. The Labute approximate surface area is 164 Å². The largest absolute Gasteiger partial charge is 0.494 e. The molecule has 0 bridgehead atoms. The zero-order chi connectivity index (χ0) is 20.1. The maximum Gasteiger partial charge on any atom is 0.243 e. The van der Waals surface area contributed by atoms with E-state index in [0.29, 0.717) is 37.4 Å². The maximum absolute atomic E-state index is 13.3. The highest BCUT2D eigenvalue weighted by molar-refractivity contribution is 7.89. The van der Waals surface area contributed by atoms with Crippen LogP contribution < -0.4 is 10.1 Å². The van der Waals surface area contributed by atoms with Gasteiger partial charge in [0.1, 0.15) is 11.6 Å². The van der Waals surface area contributed by atoms with Crippen molar-refractivity contribution in [3.63, 3.8) is 0 Å². The molecule has 150 valence electrons. The molecule has 6 nitrogen and oxygen atoms in total. The Morgan fingerprint density at radius 3 is 2.68 bits per heavy atom. The molecule has 1 fully saturated rings. The highest BCUT2D eigenvalue weighted by Gasteiger charge is 2.33. The lowest BCUT2D eigenvalue weighted by atomic mass is 9.99. The van der Waals surface area contributed by atoms with Gasteiger partial charge in [0.05, 0.1) is 17.4 Å². The van der Waals surface area contributed by atoms with Crippen molar-refractivity contribution < 1.29 is 22.3 Å². The zero-order valence-electron chi connectivity index (χ0n) is 15.6. The molecule has 1 aliphatic rings. The maximum atomic E-state index is 13.3. The van der Waals surface area contributed by atoms with Gasteiger partial charge in [-0.05, 0) is 62.2 Å². The monoisotopic (exact) mass is 406 g/mol. The first-order valence-corrected chi connectivity index (χ1v) is 10.6. The lowest BCUT2D eigenvalue weighted by molar-refractivity contribution is -0.120. The molecule has 2 aromatic carbocycles. The lowest BCUT2D eigenvalue weighted by Gasteiger charge is -2.31. The SMILES string of the molecule is CCOc1ccc(S(=O)(=O)N2CCCC(C(=O)Nc3cccc(F)c3)C2)cc1. The fourth-order valence-corrected chi connectivity index (χ4v) is 4.73. The molecule has 0 radical (unpaired) electrons. The van der Waals surface area contributed by atoms with E-state index in [1.807, 2.05) is 6.92 Å². The number of piperidine rings is 1. The first-order chi connectivity index (χ1) is 13.4. The number of halogens is 1. The summed E-state index contributed by atoms with van der Waals surface area (Å²) < 4.78 is 45.8. The van der Waals surface area contributed by atoms with Crippen molar-refractivity contribution >= 4 is 21.6 Å². The second kappa shape index (κ2) is 8.70. The van der Waals surface area contributed by atoms with Crippen molar-refractivity contribution in [3.05, 3.63) is 54.3 Å². The summed E-state index contributed by atoms with van der Waals surface area (Å²) in [6, 6.07) is 11.9. The van der Waals surface area contributed by atoms with E-state index in [0.717, 1.165) is 0 Å². The smallest absolute Gasteiger partial charge is 0.243 e. The number of ether oxygens (including phenoxy) is 1. The molecule has 0 saturated carbocycles. The third kappa shape index (κ3) is 4.69. The van der Waals surface area contributed by atoms with Gasteiger partial charge in [-0.1, -0.05) is 6.07 Å². The number of rotatable bonds is 6. The van der Waals surface area contributed by atoms with Gasteiger partial charge < -0.3 is 10.1 Å². The van der Waals surface area contributed by atoms with Crippen LogP contribution in [0.15, 0.2) is 53.4 Å². The fourth-order valence-electron chi connectivity index (χ4n) is 3.21. The van der Waals surface area contributed by atoms with E-state index in [1.165, 1.54) is 34.6 Å². The number of hydrogen-bond donors (Lipinski definition) is 1. The van der Waals surface area contributed by atoms with E-state index in [4.69, 9.17) is 4.74 Å². The van der Waals surface area contributed by atoms with Crippen molar-refractivity contribution in [2.45, 2.75) is 24.7 Å². The molecule has 1 unspecified atom stereocenters. The summed E-state index contributed by atoms with van der Waals surface area (Å²) in [4.78, 5) is 12.7. The molecule has 0 spiro atoms. The molecule has 1 N–H and O–H groups in total. The van der Waals surface area contributed by atoms with E-state index in [-0.39, 0.29) is 17.3 Å². The average molecular weight is 406 g/mol. The number of nitrogens with one attached hydrogen (secondary N) is 1. The van der Waals surface area contributed by atoms with Crippen molar-refractivity contribution in [1.29, 1.82) is 0 Å². The van der Waals surface area contributed by atoms with Crippen LogP contribution in [0.4, 0.5) is 10.1 Å². The van der Waals surface area contributed by atoms with Crippen LogP contribution in [0.1, 0.15) is 19.8 Å². The highest BCUT2D eigenvalue weighted by atomic mass is 32.2. The van der Waals surface area contributed by atoms with Crippen molar-refractivity contribution in [3.8, 4) is 5.75 Å². The number of nitrogens with zero attached hydrogens (tertiary/aromatic N) is 1. The van der Waals surface area contributed by atoms with E-state index in [2.05, 4.69) is 5.32 Å². The molecular formula is C20H23FN2O4S. The summed E-state index contributed by atoms with van der Waals surface area (Å²) in [5.41, 5.74) is 0.358. The Morgan fingerprint density at radius 2 is 2.00 bits per heavy atom. The first-order valence-electron chi connectivity index (χ1n) is 9.19. The van der Waals surface area contributed by atoms with Crippen LogP contribution in [-0.4, -0.2) is 38.3 Å². The molecule has 1 atom stereocenters. The summed E-state index contributed by atoms with van der Waals surface area (Å²) >= 11 is 0. The van der Waals surface area contributed by atoms with Gasteiger partial charge in [0, 0.05) is 18.8 Å². The van der Waals surface area contributed by atoms with Crippen LogP contribution in [0.25, 0.3) is 0 Å². The van der Waals surface area contributed by atoms with E-state index < -0.39 is 21.8 Å². The fraction of sp³-hybridized carbons (Fsp3) is 0.350. The van der Waals surface area contributed by atoms with Crippen LogP contribution in [0.3, 0.4) is 0 Å². The molecule has 0 aliphatic carbocycles. The number of sulfonamides is 1. The minimum absolute atomic E-state index is 0.0939. The summed E-state index contributed by atoms with van der Waals surface area (Å²) in [6.45, 7) is 2.81. The third-order valence-corrected chi connectivity index (χ3v) is 6.50. The predicted octanol–water partition coefficient (Wildman–Crippen LogP) is 3.26. The summed E-state index contributed by atoms with van der Waals surface area (Å²) in [7, 11) is -3.70. The Bertz CT molecular complexity index is 931. The van der Waals surface area contributed by atoms with E-state index >= 15 is 0 Å². The van der Waals surface area contributed by atoms with Crippen LogP contribution >= 0.6 is 0 Å². The van der Waals surface area contributed by atoms with Gasteiger partial charge in [-0.15, -0.1) is 0 Å². The van der Waals surface area contributed by atoms with Crippen molar-refractivity contribution in [2.75, 3.05) is 25.0 Å².